The van der Waals surface area contributed by atoms with Gasteiger partial charge in [0, 0.05) is 13.1 Å². The van der Waals surface area contributed by atoms with Crippen LogP contribution in [0, 0.1) is 5.92 Å². The number of likely N-dealkylation sites (tertiary alicyclic amines) is 1. The molecule has 1 aliphatic rings. The first-order valence-corrected chi connectivity index (χ1v) is 7.09. The number of ether oxygens (including phenoxy) is 1. The lowest BCUT2D eigenvalue weighted by molar-refractivity contribution is -0.146. The lowest BCUT2D eigenvalue weighted by atomic mass is 9.97. The number of esters is 1. The highest BCUT2D eigenvalue weighted by Crippen LogP contribution is 2.16. The zero-order chi connectivity index (χ0) is 14.5. The number of nitrogens with two attached hydrogens (primary N) is 1. The molecular weight excluding hydrogens is 242 g/mol. The first kappa shape index (κ1) is 16.4. The third-order valence-electron chi connectivity index (χ3n) is 3.95. The molecule has 5 heteroatoms. The van der Waals surface area contributed by atoms with Gasteiger partial charge in [0.1, 0.15) is 5.54 Å². The Kier molecular flexibility index (Phi) is 6.23. The van der Waals surface area contributed by atoms with E-state index in [9.17, 15) is 4.79 Å². The minimum atomic E-state index is -0.858. The molecule has 1 aliphatic heterocycles. The normalized spacial score (nSPS) is 23.6. The molecule has 2 N–H and O–H groups in total. The summed E-state index contributed by atoms with van der Waals surface area (Å²) in [6.45, 7) is 6.25. The number of hydrogen-bond acceptors (Lipinski definition) is 5. The standard InChI is InChI=1S/C14H29N3O2/c1-14(15,13(18)19-4)7-5-8-16(2)10-12-6-9-17(3)11-12/h12H,5-11,15H2,1-4H3. The van der Waals surface area contributed by atoms with Crippen LogP contribution in [0.3, 0.4) is 0 Å². The fraction of sp³-hybridized carbons (Fsp3) is 0.929. The Bertz CT molecular complexity index is 294. The Morgan fingerprint density at radius 2 is 2.26 bits per heavy atom. The van der Waals surface area contributed by atoms with Crippen molar-refractivity contribution in [2.45, 2.75) is 31.7 Å². The maximum atomic E-state index is 11.5. The molecule has 0 aromatic rings. The number of carbonyl (C=O) groups is 1. The third-order valence-corrected chi connectivity index (χ3v) is 3.95. The SMILES string of the molecule is COC(=O)C(C)(N)CCCN(C)CC1CCN(C)C1. The van der Waals surface area contributed by atoms with Crippen molar-refractivity contribution in [3.63, 3.8) is 0 Å². The molecule has 2 unspecified atom stereocenters. The molecule has 0 amide bonds. The van der Waals surface area contributed by atoms with Gasteiger partial charge in [-0.25, -0.2) is 0 Å². The Labute approximate surface area is 117 Å². The average molecular weight is 271 g/mol. The van der Waals surface area contributed by atoms with E-state index >= 15 is 0 Å². The number of carbonyl (C=O) groups excluding carboxylic acids is 1. The van der Waals surface area contributed by atoms with Crippen LogP contribution in [0.4, 0.5) is 0 Å². The zero-order valence-electron chi connectivity index (χ0n) is 12.8. The second-order valence-corrected chi connectivity index (χ2v) is 6.19. The van der Waals surface area contributed by atoms with Crippen molar-refractivity contribution in [2.75, 3.05) is 47.4 Å². The molecule has 1 heterocycles. The summed E-state index contributed by atoms with van der Waals surface area (Å²) in [5.41, 5.74) is 5.08. The summed E-state index contributed by atoms with van der Waals surface area (Å²) in [7, 11) is 5.71. The highest BCUT2D eigenvalue weighted by atomic mass is 16.5. The first-order chi connectivity index (χ1) is 8.85. The van der Waals surface area contributed by atoms with E-state index in [1.165, 1.54) is 26.6 Å². The number of hydrogen-bond donors (Lipinski definition) is 1. The van der Waals surface area contributed by atoms with Crippen LogP contribution in [0.1, 0.15) is 26.2 Å². The summed E-state index contributed by atoms with van der Waals surface area (Å²) in [6, 6.07) is 0. The summed E-state index contributed by atoms with van der Waals surface area (Å²) in [4.78, 5) is 16.2. The summed E-state index contributed by atoms with van der Waals surface area (Å²) in [6.07, 6.45) is 2.87. The van der Waals surface area contributed by atoms with Crippen molar-refractivity contribution in [1.82, 2.24) is 9.80 Å². The molecule has 0 bridgehead atoms. The predicted molar refractivity (Wildman–Crippen MR) is 76.9 cm³/mol. The van der Waals surface area contributed by atoms with Crippen molar-refractivity contribution < 1.29 is 9.53 Å². The minimum Gasteiger partial charge on any atom is -0.468 e. The molecule has 5 nitrogen and oxygen atoms in total. The summed E-state index contributed by atoms with van der Waals surface area (Å²) in [5, 5.41) is 0. The van der Waals surface area contributed by atoms with Gasteiger partial charge in [-0.1, -0.05) is 0 Å². The summed E-state index contributed by atoms with van der Waals surface area (Å²) < 4.78 is 4.71. The Balaban J connectivity index is 2.20. The van der Waals surface area contributed by atoms with Gasteiger partial charge in [0.05, 0.1) is 7.11 Å². The molecule has 0 radical (unpaired) electrons. The Morgan fingerprint density at radius 3 is 2.79 bits per heavy atom. The Hall–Kier alpha value is -0.650. The minimum absolute atomic E-state index is 0.326. The van der Waals surface area contributed by atoms with Gasteiger partial charge in [0.25, 0.3) is 0 Å². The molecule has 19 heavy (non-hydrogen) atoms. The second-order valence-electron chi connectivity index (χ2n) is 6.19. The van der Waals surface area contributed by atoms with Crippen molar-refractivity contribution in [3.05, 3.63) is 0 Å². The molecule has 0 saturated carbocycles. The van der Waals surface area contributed by atoms with Crippen LogP contribution >= 0.6 is 0 Å². The van der Waals surface area contributed by atoms with Crippen LogP contribution in [0.5, 0.6) is 0 Å². The zero-order valence-corrected chi connectivity index (χ0v) is 12.8. The second kappa shape index (κ2) is 7.22. The lowest BCUT2D eigenvalue weighted by Crippen LogP contribution is -2.46. The number of nitrogens with zero attached hydrogens (tertiary/aromatic N) is 2. The van der Waals surface area contributed by atoms with E-state index in [4.69, 9.17) is 10.5 Å². The van der Waals surface area contributed by atoms with Gasteiger partial charge in [-0.15, -0.1) is 0 Å². The number of methoxy groups -OCH3 is 1. The molecule has 0 aromatic carbocycles. The van der Waals surface area contributed by atoms with Crippen LogP contribution in [-0.4, -0.2) is 68.7 Å². The topological polar surface area (TPSA) is 58.8 Å². The van der Waals surface area contributed by atoms with Gasteiger partial charge in [-0.2, -0.15) is 0 Å². The monoisotopic (exact) mass is 271 g/mol. The van der Waals surface area contributed by atoms with E-state index in [0.29, 0.717) is 6.42 Å². The van der Waals surface area contributed by atoms with Crippen LogP contribution < -0.4 is 5.73 Å². The number of rotatable bonds is 7. The predicted octanol–water partition coefficient (Wildman–Crippen LogP) is 0.541. The van der Waals surface area contributed by atoms with E-state index in [0.717, 1.165) is 25.4 Å². The Morgan fingerprint density at radius 1 is 1.58 bits per heavy atom. The van der Waals surface area contributed by atoms with Crippen LogP contribution in [0.15, 0.2) is 0 Å². The van der Waals surface area contributed by atoms with Gasteiger partial charge < -0.3 is 20.3 Å². The quantitative estimate of drug-likeness (QED) is 0.685. The molecule has 2 atom stereocenters. The molecule has 0 aliphatic carbocycles. The van der Waals surface area contributed by atoms with E-state index in [1.807, 2.05) is 0 Å². The van der Waals surface area contributed by atoms with Crippen molar-refractivity contribution in [3.8, 4) is 0 Å². The molecule has 1 fully saturated rings. The average Bonchev–Trinajstić information content (AvgIpc) is 2.73. The molecular formula is C14H29N3O2. The van der Waals surface area contributed by atoms with E-state index in [-0.39, 0.29) is 5.97 Å². The maximum Gasteiger partial charge on any atom is 0.325 e. The fourth-order valence-electron chi connectivity index (χ4n) is 2.76. The van der Waals surface area contributed by atoms with Gasteiger partial charge >= 0.3 is 5.97 Å². The highest BCUT2D eigenvalue weighted by Gasteiger charge is 2.29. The fourth-order valence-corrected chi connectivity index (χ4v) is 2.76. The van der Waals surface area contributed by atoms with Gasteiger partial charge in [0.15, 0.2) is 0 Å². The summed E-state index contributed by atoms with van der Waals surface area (Å²) >= 11 is 0. The summed E-state index contributed by atoms with van der Waals surface area (Å²) in [5.74, 6) is 0.451. The molecule has 0 spiro atoms. The lowest BCUT2D eigenvalue weighted by Gasteiger charge is -2.24. The smallest absolute Gasteiger partial charge is 0.325 e. The van der Waals surface area contributed by atoms with Gasteiger partial charge in [0.2, 0.25) is 0 Å². The molecule has 112 valence electrons. The van der Waals surface area contributed by atoms with Crippen LogP contribution in [0.25, 0.3) is 0 Å². The van der Waals surface area contributed by atoms with E-state index < -0.39 is 5.54 Å². The van der Waals surface area contributed by atoms with E-state index in [2.05, 4.69) is 23.9 Å². The highest BCUT2D eigenvalue weighted by molar-refractivity contribution is 5.79. The van der Waals surface area contributed by atoms with Crippen LogP contribution in [-0.2, 0) is 9.53 Å². The van der Waals surface area contributed by atoms with Crippen molar-refractivity contribution in [2.24, 2.45) is 11.7 Å². The molecule has 1 rings (SSSR count). The molecule has 0 aromatic heterocycles. The maximum absolute atomic E-state index is 11.5. The first-order valence-electron chi connectivity index (χ1n) is 7.09. The third kappa shape index (κ3) is 5.47. The van der Waals surface area contributed by atoms with Crippen molar-refractivity contribution in [1.29, 1.82) is 0 Å². The molecule has 1 saturated heterocycles. The largest absolute Gasteiger partial charge is 0.468 e. The van der Waals surface area contributed by atoms with Gasteiger partial charge in [-0.3, -0.25) is 4.79 Å². The van der Waals surface area contributed by atoms with Crippen molar-refractivity contribution >= 4 is 5.97 Å². The van der Waals surface area contributed by atoms with Gasteiger partial charge in [-0.05, 0) is 59.3 Å². The van der Waals surface area contributed by atoms with E-state index in [1.54, 1.807) is 6.92 Å². The van der Waals surface area contributed by atoms with Crippen LogP contribution in [0.2, 0.25) is 0 Å².